The molecule has 4 heteroatoms. The van der Waals surface area contributed by atoms with Gasteiger partial charge in [-0.1, -0.05) is 26.7 Å². The lowest BCUT2D eigenvalue weighted by Crippen LogP contribution is -2.32. The molecule has 1 amide bonds. The molecule has 0 saturated heterocycles. The van der Waals surface area contributed by atoms with Crippen LogP contribution in [0.4, 0.5) is 0 Å². The van der Waals surface area contributed by atoms with E-state index in [4.69, 9.17) is 0 Å². The minimum Gasteiger partial charge on any atom is -0.355 e. The van der Waals surface area contributed by atoms with Crippen molar-refractivity contribution in [3.63, 3.8) is 0 Å². The minimum atomic E-state index is 0.182. The summed E-state index contributed by atoms with van der Waals surface area (Å²) in [6, 6.07) is 0. The van der Waals surface area contributed by atoms with Gasteiger partial charge >= 0.3 is 0 Å². The smallest absolute Gasteiger partial charge is 0.223 e. The Morgan fingerprint density at radius 1 is 1.41 bits per heavy atom. The first kappa shape index (κ1) is 13.7. The molecule has 0 unspecified atom stereocenters. The third-order valence-electron chi connectivity index (χ3n) is 2.86. The maximum Gasteiger partial charge on any atom is 0.223 e. The molecule has 0 aliphatic rings. The van der Waals surface area contributed by atoms with Gasteiger partial charge in [0.05, 0.1) is 0 Å². The second-order valence-corrected chi connectivity index (χ2v) is 4.35. The maximum absolute atomic E-state index is 11.9. The lowest BCUT2D eigenvalue weighted by molar-refractivity contribution is -0.125. The highest BCUT2D eigenvalue weighted by atomic mass is 16.1. The molecule has 1 aromatic rings. The van der Waals surface area contributed by atoms with Crippen LogP contribution < -0.4 is 5.32 Å². The van der Waals surface area contributed by atoms with Crippen molar-refractivity contribution in [3.8, 4) is 0 Å². The van der Waals surface area contributed by atoms with E-state index in [1.165, 1.54) is 0 Å². The molecule has 1 aromatic heterocycles. The van der Waals surface area contributed by atoms with Crippen LogP contribution in [-0.4, -0.2) is 22.4 Å². The van der Waals surface area contributed by atoms with E-state index in [0.717, 1.165) is 37.9 Å². The van der Waals surface area contributed by atoms with Crippen LogP contribution in [-0.2, 0) is 11.2 Å². The highest BCUT2D eigenvalue weighted by Gasteiger charge is 2.15. The number of carbonyl (C=O) groups excluding carboxylic acids is 1. The molecule has 0 aliphatic heterocycles. The van der Waals surface area contributed by atoms with Gasteiger partial charge in [-0.3, -0.25) is 4.79 Å². The Labute approximate surface area is 103 Å². The van der Waals surface area contributed by atoms with Crippen molar-refractivity contribution in [1.82, 2.24) is 15.3 Å². The summed E-state index contributed by atoms with van der Waals surface area (Å²) in [5, 5.41) is 2.99. The van der Waals surface area contributed by atoms with Crippen LogP contribution >= 0.6 is 0 Å². The summed E-state index contributed by atoms with van der Waals surface area (Å²) in [5.74, 6) is 1.30. The Hall–Kier alpha value is -1.32. The summed E-state index contributed by atoms with van der Waals surface area (Å²) in [6.45, 7) is 4.91. The normalized spacial score (nSPS) is 10.8. The quantitative estimate of drug-likeness (QED) is 0.728. The fraction of sp³-hybridized carbons (Fsp3) is 0.692. The number of carbonyl (C=O) groups is 1. The van der Waals surface area contributed by atoms with Gasteiger partial charge < -0.3 is 10.3 Å². The van der Waals surface area contributed by atoms with Gasteiger partial charge in [-0.15, -0.1) is 0 Å². The molecule has 0 atom stereocenters. The molecule has 17 heavy (non-hydrogen) atoms. The summed E-state index contributed by atoms with van der Waals surface area (Å²) in [4.78, 5) is 19.1. The third-order valence-corrected chi connectivity index (χ3v) is 2.86. The van der Waals surface area contributed by atoms with Gasteiger partial charge in [0.1, 0.15) is 5.82 Å². The van der Waals surface area contributed by atoms with Crippen molar-refractivity contribution >= 4 is 5.91 Å². The van der Waals surface area contributed by atoms with E-state index < -0.39 is 0 Å². The number of rotatable bonds is 8. The van der Waals surface area contributed by atoms with Crippen LogP contribution in [0.1, 0.15) is 45.4 Å². The zero-order chi connectivity index (χ0) is 12.5. The van der Waals surface area contributed by atoms with Gasteiger partial charge in [-0.05, 0) is 12.8 Å². The van der Waals surface area contributed by atoms with Crippen LogP contribution in [0.15, 0.2) is 12.4 Å². The molecule has 1 rings (SSSR count). The molecule has 0 radical (unpaired) electrons. The summed E-state index contributed by atoms with van der Waals surface area (Å²) in [7, 11) is 0. The monoisotopic (exact) mass is 237 g/mol. The van der Waals surface area contributed by atoms with Crippen LogP contribution in [0.2, 0.25) is 0 Å². The van der Waals surface area contributed by atoms with Gasteiger partial charge in [-0.25, -0.2) is 4.98 Å². The van der Waals surface area contributed by atoms with Crippen LogP contribution in [0.5, 0.6) is 0 Å². The zero-order valence-electron chi connectivity index (χ0n) is 10.8. The number of nitrogens with one attached hydrogen (secondary N) is 2. The summed E-state index contributed by atoms with van der Waals surface area (Å²) in [5.41, 5.74) is 0. The topological polar surface area (TPSA) is 57.8 Å². The first-order valence-corrected chi connectivity index (χ1v) is 6.53. The second-order valence-electron chi connectivity index (χ2n) is 4.35. The van der Waals surface area contributed by atoms with E-state index in [-0.39, 0.29) is 11.8 Å². The van der Waals surface area contributed by atoms with E-state index in [0.29, 0.717) is 6.54 Å². The molecule has 4 nitrogen and oxygen atoms in total. The van der Waals surface area contributed by atoms with Crippen molar-refractivity contribution in [2.45, 2.75) is 46.0 Å². The number of aromatic nitrogens is 2. The van der Waals surface area contributed by atoms with Crippen molar-refractivity contribution in [3.05, 3.63) is 18.2 Å². The number of aromatic amines is 1. The van der Waals surface area contributed by atoms with Crippen molar-refractivity contribution in [2.75, 3.05) is 6.54 Å². The number of imidazole rings is 1. The predicted molar refractivity (Wildman–Crippen MR) is 68.6 cm³/mol. The van der Waals surface area contributed by atoms with E-state index >= 15 is 0 Å². The molecule has 0 saturated carbocycles. The van der Waals surface area contributed by atoms with E-state index in [9.17, 15) is 4.79 Å². The summed E-state index contributed by atoms with van der Waals surface area (Å²) < 4.78 is 0. The maximum atomic E-state index is 11.9. The van der Waals surface area contributed by atoms with Crippen molar-refractivity contribution in [1.29, 1.82) is 0 Å². The van der Waals surface area contributed by atoms with Crippen LogP contribution in [0, 0.1) is 5.92 Å². The number of nitrogens with zero attached hydrogens (tertiary/aromatic N) is 1. The Morgan fingerprint density at radius 3 is 2.65 bits per heavy atom. The summed E-state index contributed by atoms with van der Waals surface area (Å²) in [6.07, 6.45) is 8.40. The Kier molecular flexibility index (Phi) is 6.37. The average molecular weight is 237 g/mol. The fourth-order valence-corrected chi connectivity index (χ4v) is 1.99. The largest absolute Gasteiger partial charge is 0.355 e. The lowest BCUT2D eigenvalue weighted by Gasteiger charge is -2.14. The van der Waals surface area contributed by atoms with Crippen LogP contribution in [0.25, 0.3) is 0 Å². The van der Waals surface area contributed by atoms with E-state index in [1.807, 2.05) is 0 Å². The Bertz CT molecular complexity index is 302. The second kappa shape index (κ2) is 7.87. The first-order valence-electron chi connectivity index (χ1n) is 6.53. The Balaban J connectivity index is 2.26. The number of H-pyrrole nitrogens is 1. The number of amides is 1. The van der Waals surface area contributed by atoms with Gasteiger partial charge in [0.2, 0.25) is 5.91 Å². The lowest BCUT2D eigenvalue weighted by atomic mass is 9.97. The predicted octanol–water partition coefficient (Wildman–Crippen LogP) is 2.28. The number of hydrogen-bond donors (Lipinski definition) is 2. The third kappa shape index (κ3) is 5.02. The Morgan fingerprint density at radius 2 is 2.12 bits per heavy atom. The fourth-order valence-electron chi connectivity index (χ4n) is 1.99. The number of hydrogen-bond acceptors (Lipinski definition) is 2. The molecular formula is C13H23N3O. The van der Waals surface area contributed by atoms with Gasteiger partial charge in [0.15, 0.2) is 0 Å². The minimum absolute atomic E-state index is 0.182. The molecule has 0 spiro atoms. The SMILES string of the molecule is CCCC(CCC)C(=O)NCCc1ncc[nH]1. The van der Waals surface area contributed by atoms with Gasteiger partial charge in [0.25, 0.3) is 0 Å². The molecular weight excluding hydrogens is 214 g/mol. The molecule has 2 N–H and O–H groups in total. The molecule has 96 valence electrons. The van der Waals surface area contributed by atoms with Crippen molar-refractivity contribution < 1.29 is 4.79 Å². The molecule has 0 bridgehead atoms. The van der Waals surface area contributed by atoms with E-state index in [1.54, 1.807) is 12.4 Å². The van der Waals surface area contributed by atoms with Gasteiger partial charge in [-0.2, -0.15) is 0 Å². The van der Waals surface area contributed by atoms with Gasteiger partial charge in [0, 0.05) is 31.3 Å². The molecule has 0 aliphatic carbocycles. The zero-order valence-corrected chi connectivity index (χ0v) is 10.8. The van der Waals surface area contributed by atoms with Crippen LogP contribution in [0.3, 0.4) is 0 Å². The standard InChI is InChI=1S/C13H23N3O/c1-3-5-11(6-4-2)13(17)16-8-7-12-14-9-10-15-12/h9-11H,3-8H2,1-2H3,(H,14,15)(H,16,17). The first-order chi connectivity index (χ1) is 8.27. The molecule has 1 heterocycles. The molecule has 0 aromatic carbocycles. The van der Waals surface area contributed by atoms with E-state index in [2.05, 4.69) is 29.1 Å². The van der Waals surface area contributed by atoms with Crippen molar-refractivity contribution in [2.24, 2.45) is 5.92 Å². The summed E-state index contributed by atoms with van der Waals surface area (Å²) >= 11 is 0. The highest BCUT2D eigenvalue weighted by Crippen LogP contribution is 2.13. The molecule has 0 fully saturated rings. The average Bonchev–Trinajstić information content (AvgIpc) is 2.81. The highest BCUT2D eigenvalue weighted by molar-refractivity contribution is 5.78.